The Hall–Kier alpha value is -2.46. The van der Waals surface area contributed by atoms with E-state index in [1.165, 1.54) is 24.3 Å². The molecule has 0 saturated carbocycles. The number of amides is 2. The third-order valence-corrected chi connectivity index (χ3v) is 7.91. The first-order valence-electron chi connectivity index (χ1n) is 13.4. The highest BCUT2D eigenvalue weighted by Crippen LogP contribution is 2.25. The van der Waals surface area contributed by atoms with Crippen LogP contribution >= 0.6 is 25.3 Å². The van der Waals surface area contributed by atoms with Crippen LogP contribution in [0.4, 0.5) is 0 Å². The molecule has 2 aromatic rings. The molecule has 2 saturated heterocycles. The van der Waals surface area contributed by atoms with Gasteiger partial charge in [-0.25, -0.2) is 0 Å². The molecule has 0 bridgehead atoms. The van der Waals surface area contributed by atoms with Gasteiger partial charge in [0.1, 0.15) is 48.7 Å². The second-order valence-electron chi connectivity index (χ2n) is 10.2. The number of pyridine rings is 2. The highest BCUT2D eigenvalue weighted by molar-refractivity contribution is 7.79. The zero-order chi connectivity index (χ0) is 32.3. The third-order valence-electron chi connectivity index (χ3n) is 7.26. The molecule has 10 N–H and O–H groups in total. The van der Waals surface area contributed by atoms with E-state index in [4.69, 9.17) is 9.47 Å². The van der Waals surface area contributed by atoms with Crippen molar-refractivity contribution in [2.45, 2.75) is 72.8 Å². The highest BCUT2D eigenvalue weighted by Gasteiger charge is 2.45. The molecule has 2 aromatic heterocycles. The van der Waals surface area contributed by atoms with Crippen molar-refractivity contribution >= 4 is 37.1 Å². The van der Waals surface area contributed by atoms with Gasteiger partial charge in [0.15, 0.2) is 12.6 Å². The molecule has 0 spiro atoms. The highest BCUT2D eigenvalue weighted by atomic mass is 32.1. The number of carbonyl (C=O) groups is 2. The van der Waals surface area contributed by atoms with Gasteiger partial charge < -0.3 is 61.0 Å². The van der Waals surface area contributed by atoms with Crippen molar-refractivity contribution in [2.24, 2.45) is 0 Å². The van der Waals surface area contributed by atoms with E-state index in [2.05, 4.69) is 45.9 Å². The number of aliphatic hydroxyl groups excluding tert-OH is 8. The van der Waals surface area contributed by atoms with Crippen LogP contribution in [0.2, 0.25) is 0 Å². The molecular formula is C26H34N4O12S2. The predicted octanol–water partition coefficient (Wildman–Crippen LogP) is -3.94. The number of nitrogens with zero attached hydrogens (tertiary/aromatic N) is 2. The second-order valence-corrected chi connectivity index (χ2v) is 10.9. The second kappa shape index (κ2) is 14.8. The lowest BCUT2D eigenvalue weighted by atomic mass is 9.96. The molecule has 2 amide bonds. The first-order valence-corrected chi connectivity index (χ1v) is 14.7. The van der Waals surface area contributed by atoms with Crippen LogP contribution in [-0.2, 0) is 21.0 Å². The fourth-order valence-corrected chi connectivity index (χ4v) is 5.16. The molecule has 0 radical (unpaired) electrons. The number of nitrogens with one attached hydrogen (secondary N) is 2. The Morgan fingerprint density at radius 3 is 1.34 bits per heavy atom. The molecule has 44 heavy (non-hydrogen) atoms. The van der Waals surface area contributed by atoms with E-state index in [0.717, 1.165) is 0 Å². The third kappa shape index (κ3) is 7.33. The SMILES string of the molecule is O=C(N[C@H]1C(O)[C@@H](O)C(CO)O[C@H]1O)c1cc(CS)nc(-c2cc(C(=O)N[C@H]3C(O)[C@@H](O)C(CO)O[C@H]3O)cc(CS)n2)c1. The van der Waals surface area contributed by atoms with Gasteiger partial charge in [-0.1, -0.05) is 0 Å². The molecule has 242 valence electrons. The number of aliphatic hydroxyl groups is 8. The Morgan fingerprint density at radius 2 is 1.02 bits per heavy atom. The first kappa shape index (κ1) is 34.4. The zero-order valence-electron chi connectivity index (χ0n) is 22.9. The number of thiol groups is 2. The van der Waals surface area contributed by atoms with Gasteiger partial charge in [-0.05, 0) is 24.3 Å². The molecule has 4 unspecified atom stereocenters. The molecule has 16 nitrogen and oxygen atoms in total. The lowest BCUT2D eigenvalue weighted by molar-refractivity contribution is -0.252. The maximum absolute atomic E-state index is 13.2. The topological polar surface area (TPSA) is 264 Å². The van der Waals surface area contributed by atoms with E-state index in [1.807, 2.05) is 0 Å². The smallest absolute Gasteiger partial charge is 0.251 e. The lowest BCUT2D eigenvalue weighted by Gasteiger charge is -2.40. The van der Waals surface area contributed by atoms with Gasteiger partial charge in [0.2, 0.25) is 0 Å². The van der Waals surface area contributed by atoms with Crippen LogP contribution in [0.15, 0.2) is 24.3 Å². The Bertz CT molecular complexity index is 1240. The first-order chi connectivity index (χ1) is 20.9. The molecule has 2 aliphatic rings. The van der Waals surface area contributed by atoms with Gasteiger partial charge >= 0.3 is 0 Å². The predicted molar refractivity (Wildman–Crippen MR) is 155 cm³/mol. The summed E-state index contributed by atoms with van der Waals surface area (Å²) in [4.78, 5) is 35.3. The average Bonchev–Trinajstić information content (AvgIpc) is 3.03. The van der Waals surface area contributed by atoms with Crippen LogP contribution in [0, 0.1) is 0 Å². The number of hydrogen-bond donors (Lipinski definition) is 12. The van der Waals surface area contributed by atoms with Crippen LogP contribution in [-0.4, -0.2) is 137 Å². The number of aromatic nitrogens is 2. The Morgan fingerprint density at radius 1 is 0.659 bits per heavy atom. The molecule has 2 aliphatic heterocycles. The lowest BCUT2D eigenvalue weighted by Crippen LogP contribution is -2.64. The molecular weight excluding hydrogens is 624 g/mol. The standard InChI is InChI=1S/C26H34N4O12S2/c31-5-15-19(33)21(35)17(25(39)41-15)29-23(37)9-1-11(7-43)27-13(3-9)14-4-10(2-12(8-44)28-14)24(38)30-18-22(36)20(34)16(6-32)42-26(18)40/h1-4,15-22,25-26,31-36,39-40,43-44H,5-8H2,(H,29,37)(H,30,38)/t15?,16?,17-,18-,19-,20-,21?,22?,25+,26+/m0/s1. The minimum Gasteiger partial charge on any atom is -0.394 e. The summed E-state index contributed by atoms with van der Waals surface area (Å²) in [6.45, 7) is -1.34. The van der Waals surface area contributed by atoms with Gasteiger partial charge in [0.05, 0.1) is 36.0 Å². The van der Waals surface area contributed by atoms with Crippen LogP contribution in [0.3, 0.4) is 0 Å². The van der Waals surface area contributed by atoms with Crippen LogP contribution < -0.4 is 10.6 Å². The molecule has 2 fully saturated rings. The zero-order valence-corrected chi connectivity index (χ0v) is 24.7. The number of hydrogen-bond acceptors (Lipinski definition) is 16. The molecule has 10 atom stereocenters. The van der Waals surface area contributed by atoms with Crippen molar-refractivity contribution in [2.75, 3.05) is 13.2 Å². The van der Waals surface area contributed by atoms with Crippen molar-refractivity contribution in [3.63, 3.8) is 0 Å². The van der Waals surface area contributed by atoms with Gasteiger partial charge in [0.25, 0.3) is 11.8 Å². The van der Waals surface area contributed by atoms with Gasteiger partial charge in [-0.15, -0.1) is 0 Å². The summed E-state index contributed by atoms with van der Waals surface area (Å²) in [6.07, 6.45) is -12.5. The van der Waals surface area contributed by atoms with Crippen molar-refractivity contribution < 1.29 is 59.9 Å². The van der Waals surface area contributed by atoms with Crippen molar-refractivity contribution in [3.8, 4) is 11.4 Å². The van der Waals surface area contributed by atoms with E-state index in [1.54, 1.807) is 0 Å². The van der Waals surface area contributed by atoms with Crippen molar-refractivity contribution in [1.82, 2.24) is 20.6 Å². The maximum atomic E-state index is 13.2. The molecule has 4 rings (SSSR count). The van der Waals surface area contributed by atoms with Gasteiger partial charge in [0, 0.05) is 22.6 Å². The minimum absolute atomic E-state index is 0.000626. The van der Waals surface area contributed by atoms with Crippen molar-refractivity contribution in [3.05, 3.63) is 46.8 Å². The summed E-state index contributed by atoms with van der Waals surface area (Å²) in [6, 6.07) is 2.56. The summed E-state index contributed by atoms with van der Waals surface area (Å²) in [5, 5.41) is 85.0. The van der Waals surface area contributed by atoms with Gasteiger partial charge in [-0.3, -0.25) is 19.6 Å². The van der Waals surface area contributed by atoms with E-state index in [-0.39, 0.29) is 34.0 Å². The quantitative estimate of drug-likeness (QED) is 0.115. The van der Waals surface area contributed by atoms with E-state index in [9.17, 15) is 50.4 Å². The summed E-state index contributed by atoms with van der Waals surface area (Å²) in [7, 11) is 0. The van der Waals surface area contributed by atoms with Crippen LogP contribution in [0.1, 0.15) is 32.1 Å². The van der Waals surface area contributed by atoms with E-state index < -0.39 is 86.3 Å². The average molecular weight is 659 g/mol. The van der Waals surface area contributed by atoms with Crippen LogP contribution in [0.25, 0.3) is 11.4 Å². The molecule has 0 aromatic carbocycles. The van der Waals surface area contributed by atoms with Crippen LogP contribution in [0.5, 0.6) is 0 Å². The Balaban J connectivity index is 1.61. The van der Waals surface area contributed by atoms with E-state index >= 15 is 0 Å². The molecule has 0 aliphatic carbocycles. The molecule has 4 heterocycles. The fraction of sp³-hybridized carbons (Fsp3) is 0.538. The van der Waals surface area contributed by atoms with E-state index in [0.29, 0.717) is 11.4 Å². The number of rotatable bonds is 9. The largest absolute Gasteiger partial charge is 0.394 e. The number of carbonyl (C=O) groups excluding carboxylic acids is 2. The summed E-state index contributed by atoms with van der Waals surface area (Å²) in [5.41, 5.74) is 0.892. The Kier molecular flexibility index (Phi) is 11.5. The molecule has 18 heteroatoms. The van der Waals surface area contributed by atoms with Crippen molar-refractivity contribution in [1.29, 1.82) is 0 Å². The summed E-state index contributed by atoms with van der Waals surface area (Å²) >= 11 is 8.47. The minimum atomic E-state index is -1.74. The maximum Gasteiger partial charge on any atom is 0.251 e. The fourth-order valence-electron chi connectivity index (χ4n) is 4.84. The normalized spacial score (nSPS) is 32.2. The summed E-state index contributed by atoms with van der Waals surface area (Å²) < 4.78 is 10.2. The van der Waals surface area contributed by atoms with Gasteiger partial charge in [-0.2, -0.15) is 25.3 Å². The monoisotopic (exact) mass is 658 g/mol. The Labute approximate surface area is 261 Å². The number of ether oxygens (including phenoxy) is 2. The summed E-state index contributed by atoms with van der Waals surface area (Å²) in [5.74, 6) is -1.42.